The summed E-state index contributed by atoms with van der Waals surface area (Å²) >= 11 is 0. The SMILES string of the molecule is OC=CCc1cc[nH]n1. The predicted molar refractivity (Wildman–Crippen MR) is 34.1 cm³/mol. The highest BCUT2D eigenvalue weighted by molar-refractivity contribution is 5.02. The van der Waals surface area contributed by atoms with E-state index >= 15 is 0 Å². The molecule has 9 heavy (non-hydrogen) atoms. The number of nitrogens with zero attached hydrogens (tertiary/aromatic N) is 1. The van der Waals surface area contributed by atoms with Crippen molar-refractivity contribution in [2.45, 2.75) is 6.42 Å². The number of aromatic nitrogens is 2. The monoisotopic (exact) mass is 124 g/mol. The molecule has 48 valence electrons. The van der Waals surface area contributed by atoms with Crippen molar-refractivity contribution in [3.63, 3.8) is 0 Å². The number of hydrogen-bond acceptors (Lipinski definition) is 2. The van der Waals surface area contributed by atoms with Gasteiger partial charge in [-0.1, -0.05) is 0 Å². The fourth-order valence-electron chi connectivity index (χ4n) is 0.578. The van der Waals surface area contributed by atoms with E-state index in [9.17, 15) is 0 Å². The minimum absolute atomic E-state index is 0.681. The second kappa shape index (κ2) is 2.91. The summed E-state index contributed by atoms with van der Waals surface area (Å²) in [5.41, 5.74) is 0.931. The number of allylic oxidation sites excluding steroid dienone is 1. The first-order chi connectivity index (χ1) is 4.43. The molecule has 1 aromatic heterocycles. The van der Waals surface area contributed by atoms with Crippen LogP contribution in [0.15, 0.2) is 24.6 Å². The van der Waals surface area contributed by atoms with Gasteiger partial charge in [-0.25, -0.2) is 0 Å². The molecule has 0 aliphatic rings. The molecular weight excluding hydrogens is 116 g/mol. The van der Waals surface area contributed by atoms with Gasteiger partial charge >= 0.3 is 0 Å². The Kier molecular flexibility index (Phi) is 1.90. The lowest BCUT2D eigenvalue weighted by molar-refractivity contribution is 0.471. The van der Waals surface area contributed by atoms with Crippen LogP contribution in [0.25, 0.3) is 0 Å². The normalized spacial score (nSPS) is 10.7. The molecule has 1 heterocycles. The summed E-state index contributed by atoms with van der Waals surface area (Å²) in [4.78, 5) is 0. The molecule has 1 aromatic rings. The fourth-order valence-corrected chi connectivity index (χ4v) is 0.578. The summed E-state index contributed by atoms with van der Waals surface area (Å²) in [6.07, 6.45) is 5.09. The largest absolute Gasteiger partial charge is 0.516 e. The van der Waals surface area contributed by atoms with E-state index in [2.05, 4.69) is 10.2 Å². The van der Waals surface area contributed by atoms with Gasteiger partial charge in [-0.05, 0) is 12.1 Å². The third kappa shape index (κ3) is 1.60. The van der Waals surface area contributed by atoms with E-state index in [0.717, 1.165) is 12.0 Å². The summed E-state index contributed by atoms with van der Waals surface area (Å²) in [5, 5.41) is 14.8. The van der Waals surface area contributed by atoms with Crippen LogP contribution in [-0.4, -0.2) is 15.3 Å². The van der Waals surface area contributed by atoms with E-state index in [0.29, 0.717) is 6.42 Å². The van der Waals surface area contributed by atoms with Crippen LogP contribution in [0.4, 0.5) is 0 Å². The molecule has 0 radical (unpaired) electrons. The van der Waals surface area contributed by atoms with E-state index in [4.69, 9.17) is 5.11 Å². The van der Waals surface area contributed by atoms with Crippen LogP contribution >= 0.6 is 0 Å². The highest BCUT2D eigenvalue weighted by atomic mass is 16.2. The van der Waals surface area contributed by atoms with Crippen LogP contribution in [0, 0.1) is 0 Å². The zero-order valence-corrected chi connectivity index (χ0v) is 4.91. The first-order valence-corrected chi connectivity index (χ1v) is 2.71. The molecule has 0 saturated heterocycles. The molecule has 0 bridgehead atoms. The molecule has 0 aromatic carbocycles. The highest BCUT2D eigenvalue weighted by Gasteiger charge is 1.87. The quantitative estimate of drug-likeness (QED) is 0.578. The minimum Gasteiger partial charge on any atom is -0.516 e. The van der Waals surface area contributed by atoms with Crippen molar-refractivity contribution in [1.29, 1.82) is 0 Å². The van der Waals surface area contributed by atoms with Gasteiger partial charge in [-0.3, -0.25) is 5.10 Å². The summed E-state index contributed by atoms with van der Waals surface area (Å²) in [7, 11) is 0. The van der Waals surface area contributed by atoms with Gasteiger partial charge in [-0.15, -0.1) is 0 Å². The molecule has 1 rings (SSSR count). The zero-order chi connectivity index (χ0) is 6.53. The van der Waals surface area contributed by atoms with Crippen LogP contribution < -0.4 is 0 Å². The molecule has 0 aliphatic heterocycles. The molecule has 0 atom stereocenters. The minimum atomic E-state index is 0.681. The smallest absolute Gasteiger partial charge is 0.0755 e. The van der Waals surface area contributed by atoms with Gasteiger partial charge in [0.2, 0.25) is 0 Å². The number of aliphatic hydroxyl groups is 1. The molecule has 0 fully saturated rings. The third-order valence-electron chi connectivity index (χ3n) is 0.991. The highest BCUT2D eigenvalue weighted by Crippen LogP contribution is 1.92. The topological polar surface area (TPSA) is 48.9 Å². The van der Waals surface area contributed by atoms with Crippen molar-refractivity contribution in [3.8, 4) is 0 Å². The Morgan fingerprint density at radius 3 is 3.22 bits per heavy atom. The van der Waals surface area contributed by atoms with Crippen molar-refractivity contribution < 1.29 is 5.11 Å². The van der Waals surface area contributed by atoms with Crippen molar-refractivity contribution in [2.24, 2.45) is 0 Å². The number of rotatable bonds is 2. The third-order valence-corrected chi connectivity index (χ3v) is 0.991. The molecule has 0 amide bonds. The number of H-pyrrole nitrogens is 1. The number of hydrogen-bond donors (Lipinski definition) is 2. The standard InChI is InChI=1S/C6H8N2O/c9-5-1-2-6-3-4-7-8-6/h1,3-5,9H,2H2,(H,7,8). The van der Waals surface area contributed by atoms with Gasteiger partial charge in [0.05, 0.1) is 12.0 Å². The van der Waals surface area contributed by atoms with Gasteiger partial charge in [0, 0.05) is 12.6 Å². The molecule has 0 spiro atoms. The Bertz CT molecular complexity index is 179. The molecule has 0 unspecified atom stereocenters. The Morgan fingerprint density at radius 2 is 2.67 bits per heavy atom. The maximum atomic E-state index is 8.25. The maximum absolute atomic E-state index is 8.25. The van der Waals surface area contributed by atoms with E-state index in [1.807, 2.05) is 6.07 Å². The van der Waals surface area contributed by atoms with Crippen molar-refractivity contribution in [3.05, 3.63) is 30.3 Å². The number of aliphatic hydroxyl groups excluding tert-OH is 1. The lowest BCUT2D eigenvalue weighted by Gasteiger charge is -1.81. The molecule has 3 heteroatoms. The molecule has 0 aliphatic carbocycles. The van der Waals surface area contributed by atoms with Crippen molar-refractivity contribution >= 4 is 0 Å². The molecule has 0 saturated carbocycles. The van der Waals surface area contributed by atoms with E-state index in [1.165, 1.54) is 0 Å². The lowest BCUT2D eigenvalue weighted by Crippen LogP contribution is -1.79. The van der Waals surface area contributed by atoms with Gasteiger partial charge in [0.15, 0.2) is 0 Å². The van der Waals surface area contributed by atoms with Crippen LogP contribution in [0.2, 0.25) is 0 Å². The zero-order valence-electron chi connectivity index (χ0n) is 4.91. The van der Waals surface area contributed by atoms with Crippen molar-refractivity contribution in [2.75, 3.05) is 0 Å². The Morgan fingerprint density at radius 1 is 1.78 bits per heavy atom. The summed E-state index contributed by atoms with van der Waals surface area (Å²) in [5.74, 6) is 0. The molecule has 3 nitrogen and oxygen atoms in total. The van der Waals surface area contributed by atoms with E-state index in [-0.39, 0.29) is 0 Å². The Balaban J connectivity index is 2.48. The summed E-state index contributed by atoms with van der Waals surface area (Å²) < 4.78 is 0. The molecular formula is C6H8N2O. The molecule has 2 N–H and O–H groups in total. The average molecular weight is 124 g/mol. The average Bonchev–Trinajstić information content (AvgIpc) is 2.34. The Hall–Kier alpha value is -1.25. The van der Waals surface area contributed by atoms with Crippen molar-refractivity contribution in [1.82, 2.24) is 10.2 Å². The Labute approximate surface area is 53.0 Å². The van der Waals surface area contributed by atoms with Crippen LogP contribution in [-0.2, 0) is 6.42 Å². The first-order valence-electron chi connectivity index (χ1n) is 2.71. The second-order valence-corrected chi connectivity index (χ2v) is 1.65. The summed E-state index contributed by atoms with van der Waals surface area (Å²) in [6, 6.07) is 1.86. The van der Waals surface area contributed by atoms with Gasteiger partial charge in [0.1, 0.15) is 0 Å². The maximum Gasteiger partial charge on any atom is 0.0755 e. The first kappa shape index (κ1) is 5.88. The van der Waals surface area contributed by atoms with Gasteiger partial charge in [-0.2, -0.15) is 5.10 Å². The van der Waals surface area contributed by atoms with Crippen LogP contribution in [0.1, 0.15) is 5.69 Å². The predicted octanol–water partition coefficient (Wildman–Crippen LogP) is 1.02. The van der Waals surface area contributed by atoms with Crippen LogP contribution in [0.5, 0.6) is 0 Å². The van der Waals surface area contributed by atoms with Gasteiger partial charge in [0.25, 0.3) is 0 Å². The van der Waals surface area contributed by atoms with Crippen LogP contribution in [0.3, 0.4) is 0 Å². The number of aromatic amines is 1. The summed E-state index contributed by atoms with van der Waals surface area (Å²) in [6.45, 7) is 0. The fraction of sp³-hybridized carbons (Fsp3) is 0.167. The van der Waals surface area contributed by atoms with E-state index < -0.39 is 0 Å². The second-order valence-electron chi connectivity index (χ2n) is 1.65. The van der Waals surface area contributed by atoms with E-state index in [1.54, 1.807) is 12.3 Å². The number of nitrogens with one attached hydrogen (secondary N) is 1. The lowest BCUT2D eigenvalue weighted by atomic mass is 10.3. The van der Waals surface area contributed by atoms with Gasteiger partial charge < -0.3 is 5.11 Å².